The van der Waals surface area contributed by atoms with Crippen LogP contribution in [0, 0.1) is 0 Å². The van der Waals surface area contributed by atoms with Gasteiger partial charge in [0.1, 0.15) is 5.82 Å². The van der Waals surface area contributed by atoms with Crippen LogP contribution in [0.25, 0.3) is 0 Å². The molecule has 0 saturated carbocycles. The summed E-state index contributed by atoms with van der Waals surface area (Å²) in [6.07, 6.45) is 0. The van der Waals surface area contributed by atoms with Gasteiger partial charge in [-0.2, -0.15) is 0 Å². The SMILES string of the molecule is CC(C)c1cc(C(=O)O)cc(N(C)CCN(C)C)n1. The summed E-state index contributed by atoms with van der Waals surface area (Å²) >= 11 is 0. The zero-order valence-electron chi connectivity index (χ0n) is 12.3. The fourth-order valence-corrected chi connectivity index (χ4v) is 1.62. The number of carboxylic acid groups (broad SMARTS) is 1. The molecule has 106 valence electrons. The fraction of sp³-hybridized carbons (Fsp3) is 0.571. The van der Waals surface area contributed by atoms with Crippen LogP contribution in [0.4, 0.5) is 5.82 Å². The van der Waals surface area contributed by atoms with E-state index in [2.05, 4.69) is 9.88 Å². The monoisotopic (exact) mass is 265 g/mol. The molecule has 0 atom stereocenters. The molecule has 0 fully saturated rings. The van der Waals surface area contributed by atoms with E-state index in [1.54, 1.807) is 12.1 Å². The molecule has 0 bridgehead atoms. The van der Waals surface area contributed by atoms with Crippen LogP contribution in [0.2, 0.25) is 0 Å². The topological polar surface area (TPSA) is 56.7 Å². The lowest BCUT2D eigenvalue weighted by Crippen LogP contribution is -2.29. The van der Waals surface area contributed by atoms with E-state index < -0.39 is 5.97 Å². The van der Waals surface area contributed by atoms with Crippen molar-refractivity contribution in [1.82, 2.24) is 9.88 Å². The van der Waals surface area contributed by atoms with E-state index in [0.717, 1.165) is 18.8 Å². The first-order chi connectivity index (χ1) is 8.81. The average Bonchev–Trinajstić information content (AvgIpc) is 2.35. The molecule has 1 aromatic rings. The molecule has 5 heteroatoms. The summed E-state index contributed by atoms with van der Waals surface area (Å²) < 4.78 is 0. The molecule has 1 aromatic heterocycles. The summed E-state index contributed by atoms with van der Waals surface area (Å²) in [5.74, 6) is 0.0114. The maximum absolute atomic E-state index is 11.2. The van der Waals surface area contributed by atoms with E-state index in [-0.39, 0.29) is 5.92 Å². The van der Waals surface area contributed by atoms with E-state index in [1.807, 2.05) is 39.9 Å². The van der Waals surface area contributed by atoms with Crippen molar-refractivity contribution in [2.45, 2.75) is 19.8 Å². The first-order valence-electron chi connectivity index (χ1n) is 6.42. The van der Waals surface area contributed by atoms with Gasteiger partial charge < -0.3 is 14.9 Å². The lowest BCUT2D eigenvalue weighted by molar-refractivity contribution is 0.0696. The number of carboxylic acids is 1. The molecule has 0 aliphatic rings. The van der Waals surface area contributed by atoms with Gasteiger partial charge in [-0.25, -0.2) is 9.78 Å². The molecule has 0 aliphatic carbocycles. The van der Waals surface area contributed by atoms with E-state index in [9.17, 15) is 4.79 Å². The predicted molar refractivity (Wildman–Crippen MR) is 77.1 cm³/mol. The first kappa shape index (κ1) is 15.4. The zero-order chi connectivity index (χ0) is 14.6. The minimum atomic E-state index is -0.911. The van der Waals surface area contributed by atoms with Gasteiger partial charge in [-0.05, 0) is 32.1 Å². The molecular weight excluding hydrogens is 242 g/mol. The van der Waals surface area contributed by atoms with Crippen molar-refractivity contribution in [1.29, 1.82) is 0 Å². The minimum Gasteiger partial charge on any atom is -0.478 e. The van der Waals surface area contributed by atoms with Crippen LogP contribution in [0.15, 0.2) is 12.1 Å². The quantitative estimate of drug-likeness (QED) is 0.851. The number of hydrogen-bond acceptors (Lipinski definition) is 4. The number of anilines is 1. The highest BCUT2D eigenvalue weighted by molar-refractivity contribution is 5.88. The lowest BCUT2D eigenvalue weighted by atomic mass is 10.1. The van der Waals surface area contributed by atoms with Crippen LogP contribution < -0.4 is 4.90 Å². The van der Waals surface area contributed by atoms with Gasteiger partial charge in [0.2, 0.25) is 0 Å². The molecule has 19 heavy (non-hydrogen) atoms. The van der Waals surface area contributed by atoms with Gasteiger partial charge >= 0.3 is 5.97 Å². The Labute approximate surface area is 114 Å². The van der Waals surface area contributed by atoms with Crippen molar-refractivity contribution >= 4 is 11.8 Å². The number of aromatic carboxylic acids is 1. The van der Waals surface area contributed by atoms with Gasteiger partial charge in [-0.1, -0.05) is 13.8 Å². The zero-order valence-corrected chi connectivity index (χ0v) is 12.3. The molecular formula is C14H23N3O2. The summed E-state index contributed by atoms with van der Waals surface area (Å²) in [6.45, 7) is 5.72. The van der Waals surface area contributed by atoms with Gasteiger partial charge in [0.15, 0.2) is 0 Å². The number of aromatic nitrogens is 1. The minimum absolute atomic E-state index is 0.209. The second-order valence-corrected chi connectivity index (χ2v) is 5.32. The molecule has 0 aliphatic heterocycles. The second kappa shape index (κ2) is 6.52. The van der Waals surface area contributed by atoms with Crippen LogP contribution in [0.1, 0.15) is 35.8 Å². The van der Waals surface area contributed by atoms with Crippen LogP contribution in [0.3, 0.4) is 0 Å². The molecule has 1 rings (SSSR count). The number of rotatable bonds is 6. The van der Waals surface area contributed by atoms with Crippen molar-refractivity contribution in [3.63, 3.8) is 0 Å². The van der Waals surface area contributed by atoms with Gasteiger partial charge in [0, 0.05) is 25.8 Å². The number of pyridine rings is 1. The highest BCUT2D eigenvalue weighted by Gasteiger charge is 2.13. The fourth-order valence-electron chi connectivity index (χ4n) is 1.62. The van der Waals surface area contributed by atoms with Crippen LogP contribution in [-0.4, -0.2) is 55.2 Å². The highest BCUT2D eigenvalue weighted by atomic mass is 16.4. The van der Waals surface area contributed by atoms with E-state index >= 15 is 0 Å². The largest absolute Gasteiger partial charge is 0.478 e. The molecule has 0 amide bonds. The molecule has 0 aromatic carbocycles. The van der Waals surface area contributed by atoms with E-state index in [0.29, 0.717) is 11.4 Å². The summed E-state index contributed by atoms with van der Waals surface area (Å²) in [7, 11) is 5.95. The van der Waals surface area contributed by atoms with Crippen LogP contribution in [0.5, 0.6) is 0 Å². The molecule has 0 radical (unpaired) electrons. The molecule has 0 unspecified atom stereocenters. The Kier molecular flexibility index (Phi) is 5.30. The number of nitrogens with zero attached hydrogens (tertiary/aromatic N) is 3. The van der Waals surface area contributed by atoms with Crippen LogP contribution >= 0.6 is 0 Å². The Bertz CT molecular complexity index is 444. The van der Waals surface area contributed by atoms with E-state index in [1.165, 1.54) is 0 Å². The maximum atomic E-state index is 11.2. The highest BCUT2D eigenvalue weighted by Crippen LogP contribution is 2.19. The molecule has 0 spiro atoms. The summed E-state index contributed by atoms with van der Waals surface area (Å²) in [5.41, 5.74) is 1.11. The van der Waals surface area contributed by atoms with Crippen molar-refractivity contribution in [3.8, 4) is 0 Å². The summed E-state index contributed by atoms with van der Waals surface area (Å²) in [6, 6.07) is 3.28. The Morgan fingerprint density at radius 1 is 1.26 bits per heavy atom. The Hall–Kier alpha value is -1.62. The second-order valence-electron chi connectivity index (χ2n) is 5.32. The van der Waals surface area contributed by atoms with E-state index in [4.69, 9.17) is 5.11 Å². The Balaban J connectivity index is 3.01. The van der Waals surface area contributed by atoms with Gasteiger partial charge in [-0.3, -0.25) is 0 Å². The van der Waals surface area contributed by atoms with Crippen molar-refractivity contribution in [3.05, 3.63) is 23.4 Å². The third kappa shape index (κ3) is 4.52. The number of carbonyl (C=O) groups is 1. The Morgan fingerprint density at radius 2 is 1.89 bits per heavy atom. The van der Waals surface area contributed by atoms with Crippen molar-refractivity contribution in [2.24, 2.45) is 0 Å². The van der Waals surface area contributed by atoms with Crippen molar-refractivity contribution < 1.29 is 9.90 Å². The normalized spacial score (nSPS) is 11.1. The third-order valence-corrected chi connectivity index (χ3v) is 2.94. The summed E-state index contributed by atoms with van der Waals surface area (Å²) in [5, 5.41) is 9.16. The van der Waals surface area contributed by atoms with Crippen LogP contribution in [-0.2, 0) is 0 Å². The smallest absolute Gasteiger partial charge is 0.335 e. The number of hydrogen-bond donors (Lipinski definition) is 1. The third-order valence-electron chi connectivity index (χ3n) is 2.94. The molecule has 1 N–H and O–H groups in total. The molecule has 5 nitrogen and oxygen atoms in total. The molecule has 1 heterocycles. The number of likely N-dealkylation sites (N-methyl/N-ethyl adjacent to an activating group) is 2. The average molecular weight is 265 g/mol. The van der Waals surface area contributed by atoms with Gasteiger partial charge in [0.25, 0.3) is 0 Å². The Morgan fingerprint density at radius 3 is 2.37 bits per heavy atom. The summed E-state index contributed by atoms with van der Waals surface area (Å²) in [4.78, 5) is 19.8. The van der Waals surface area contributed by atoms with Gasteiger partial charge in [-0.15, -0.1) is 0 Å². The lowest BCUT2D eigenvalue weighted by Gasteiger charge is -2.22. The molecule has 0 saturated heterocycles. The van der Waals surface area contributed by atoms with Crippen molar-refractivity contribution in [2.75, 3.05) is 39.1 Å². The van der Waals surface area contributed by atoms with Gasteiger partial charge in [0.05, 0.1) is 5.56 Å². The first-order valence-corrected chi connectivity index (χ1v) is 6.42. The maximum Gasteiger partial charge on any atom is 0.335 e. The standard InChI is InChI=1S/C14H23N3O2/c1-10(2)12-8-11(14(18)19)9-13(15-12)17(5)7-6-16(3)4/h8-10H,6-7H2,1-5H3,(H,18,19). The predicted octanol–water partition coefficient (Wildman–Crippen LogP) is 1.90.